The van der Waals surface area contributed by atoms with Crippen LogP contribution < -0.4 is 5.32 Å². The lowest BCUT2D eigenvalue weighted by Gasteiger charge is -2.29. The lowest BCUT2D eigenvalue weighted by atomic mass is 9.93. The highest BCUT2D eigenvalue weighted by molar-refractivity contribution is 5.91. The van der Waals surface area contributed by atoms with Crippen molar-refractivity contribution in [3.8, 4) is 0 Å². The highest BCUT2D eigenvalue weighted by Crippen LogP contribution is 2.17. The highest BCUT2D eigenvalue weighted by Gasteiger charge is 2.35. The molecule has 0 aromatic carbocycles. The van der Waals surface area contributed by atoms with Crippen LogP contribution in [0.1, 0.15) is 52.4 Å². The van der Waals surface area contributed by atoms with Crippen LogP contribution in [0.5, 0.6) is 0 Å². The van der Waals surface area contributed by atoms with Crippen molar-refractivity contribution in [2.45, 2.75) is 64.5 Å². The molecule has 0 bridgehead atoms. The lowest BCUT2D eigenvalue weighted by molar-refractivity contribution is -0.154. The Morgan fingerprint density at radius 3 is 2.38 bits per heavy atom. The molecule has 0 saturated carbocycles. The quantitative estimate of drug-likeness (QED) is 0.655. The van der Waals surface area contributed by atoms with E-state index in [4.69, 9.17) is 5.11 Å². The summed E-state index contributed by atoms with van der Waals surface area (Å²) in [5, 5.41) is 21.7. The number of aliphatic carboxylic acids is 1. The van der Waals surface area contributed by atoms with Crippen molar-refractivity contribution in [1.82, 2.24) is 10.2 Å². The van der Waals surface area contributed by atoms with Crippen LogP contribution in [0.2, 0.25) is 0 Å². The minimum absolute atomic E-state index is 0.145. The van der Waals surface area contributed by atoms with Gasteiger partial charge in [-0.2, -0.15) is 0 Å². The number of carbonyl (C=O) groups is 3. The van der Waals surface area contributed by atoms with E-state index in [1.807, 2.05) is 19.9 Å². The largest absolute Gasteiger partial charge is 0.479 e. The van der Waals surface area contributed by atoms with E-state index in [9.17, 15) is 19.5 Å². The number of hydrogen-bond acceptors (Lipinski definition) is 4. The third kappa shape index (κ3) is 6.78. The van der Waals surface area contributed by atoms with Crippen molar-refractivity contribution in [3.63, 3.8) is 0 Å². The molecule has 1 heterocycles. The highest BCUT2D eigenvalue weighted by atomic mass is 16.4. The summed E-state index contributed by atoms with van der Waals surface area (Å²) >= 11 is 0. The van der Waals surface area contributed by atoms with Crippen LogP contribution in [0.15, 0.2) is 12.2 Å². The van der Waals surface area contributed by atoms with Gasteiger partial charge in [0.25, 0.3) is 0 Å². The summed E-state index contributed by atoms with van der Waals surface area (Å²) < 4.78 is 0. The fourth-order valence-electron chi connectivity index (χ4n) is 3.03. The first-order valence-electron chi connectivity index (χ1n) is 9.37. The van der Waals surface area contributed by atoms with E-state index in [1.165, 1.54) is 0 Å². The fraction of sp³-hybridized carbons (Fsp3) is 0.737. The first-order valence-corrected chi connectivity index (χ1v) is 9.37. The van der Waals surface area contributed by atoms with Gasteiger partial charge in [0.1, 0.15) is 6.04 Å². The van der Waals surface area contributed by atoms with Gasteiger partial charge in [0.15, 0.2) is 6.10 Å². The molecule has 0 fully saturated rings. The molecule has 0 aliphatic carbocycles. The molecule has 0 aromatic heterocycles. The third-order valence-corrected chi connectivity index (χ3v) is 4.74. The molecule has 2 amide bonds. The number of amides is 2. The molecule has 0 unspecified atom stereocenters. The van der Waals surface area contributed by atoms with Crippen molar-refractivity contribution in [2.75, 3.05) is 13.6 Å². The maximum absolute atomic E-state index is 12.7. The monoisotopic (exact) mass is 368 g/mol. The second kappa shape index (κ2) is 11.0. The predicted molar refractivity (Wildman–Crippen MR) is 98.4 cm³/mol. The van der Waals surface area contributed by atoms with Gasteiger partial charge in [-0.3, -0.25) is 9.59 Å². The van der Waals surface area contributed by atoms with E-state index >= 15 is 0 Å². The maximum atomic E-state index is 12.7. The Bertz CT molecular complexity index is 518. The average Bonchev–Trinajstić information content (AvgIpc) is 2.59. The first-order chi connectivity index (χ1) is 12.3. The number of aliphatic hydroxyl groups is 1. The maximum Gasteiger partial charge on any atom is 0.333 e. The molecule has 0 radical (unpaired) electrons. The van der Waals surface area contributed by atoms with E-state index in [-0.39, 0.29) is 18.2 Å². The minimum Gasteiger partial charge on any atom is -0.479 e. The van der Waals surface area contributed by atoms with E-state index in [0.717, 1.165) is 25.7 Å². The Kier molecular flexibility index (Phi) is 9.34. The number of rotatable bonds is 3. The molecule has 148 valence electrons. The number of carboxylic acid groups (broad SMARTS) is 1. The van der Waals surface area contributed by atoms with Crippen LogP contribution in [0.4, 0.5) is 0 Å². The topological polar surface area (TPSA) is 107 Å². The summed E-state index contributed by atoms with van der Waals surface area (Å²) in [5.74, 6) is -3.43. The van der Waals surface area contributed by atoms with Crippen LogP contribution in [-0.2, 0) is 14.4 Å². The number of nitrogens with zero attached hydrogens (tertiary/aromatic N) is 1. The Morgan fingerprint density at radius 2 is 1.81 bits per heavy atom. The number of nitrogens with one attached hydrogen (secondary N) is 1. The number of hydrogen-bond donors (Lipinski definition) is 3. The molecule has 7 heteroatoms. The molecular weight excluding hydrogens is 336 g/mol. The second-order valence-corrected chi connectivity index (χ2v) is 7.28. The summed E-state index contributed by atoms with van der Waals surface area (Å²) in [4.78, 5) is 38.1. The van der Waals surface area contributed by atoms with Crippen LogP contribution in [0.3, 0.4) is 0 Å². The van der Waals surface area contributed by atoms with Gasteiger partial charge >= 0.3 is 5.97 Å². The summed E-state index contributed by atoms with van der Waals surface area (Å²) in [5.41, 5.74) is 0. The molecule has 3 atom stereocenters. The molecule has 1 aliphatic heterocycles. The molecule has 0 aromatic rings. The Hall–Kier alpha value is -1.89. The van der Waals surface area contributed by atoms with Gasteiger partial charge in [0.2, 0.25) is 11.8 Å². The lowest BCUT2D eigenvalue weighted by Crippen LogP contribution is -2.53. The molecule has 0 spiro atoms. The molecule has 1 aliphatic rings. The van der Waals surface area contributed by atoms with Crippen LogP contribution >= 0.6 is 0 Å². The van der Waals surface area contributed by atoms with E-state index < -0.39 is 29.9 Å². The van der Waals surface area contributed by atoms with Gasteiger partial charge < -0.3 is 20.4 Å². The smallest absolute Gasteiger partial charge is 0.333 e. The van der Waals surface area contributed by atoms with Crippen molar-refractivity contribution >= 4 is 17.8 Å². The Labute approximate surface area is 155 Å². The Morgan fingerprint density at radius 1 is 1.19 bits per heavy atom. The van der Waals surface area contributed by atoms with Gasteiger partial charge in [-0.25, -0.2) is 4.79 Å². The summed E-state index contributed by atoms with van der Waals surface area (Å²) in [6.45, 7) is 4.27. The van der Waals surface area contributed by atoms with E-state index in [1.54, 1.807) is 11.9 Å². The van der Waals surface area contributed by atoms with E-state index in [2.05, 4.69) is 11.4 Å². The first kappa shape index (κ1) is 22.2. The number of carboxylic acids is 1. The van der Waals surface area contributed by atoms with Gasteiger partial charge in [-0.1, -0.05) is 26.0 Å². The van der Waals surface area contributed by atoms with E-state index in [0.29, 0.717) is 13.0 Å². The van der Waals surface area contributed by atoms with Crippen LogP contribution in [0.25, 0.3) is 0 Å². The van der Waals surface area contributed by atoms with Gasteiger partial charge in [-0.05, 0) is 44.4 Å². The van der Waals surface area contributed by atoms with Gasteiger partial charge in [0, 0.05) is 13.6 Å². The summed E-state index contributed by atoms with van der Waals surface area (Å²) in [6.07, 6.45) is 6.66. The zero-order valence-electron chi connectivity index (χ0n) is 16.0. The molecule has 3 N–H and O–H groups in total. The Balaban J connectivity index is 3.02. The zero-order chi connectivity index (χ0) is 19.7. The number of carbonyl (C=O) groups excluding carboxylic acids is 2. The predicted octanol–water partition coefficient (Wildman–Crippen LogP) is 1.56. The van der Waals surface area contributed by atoms with Crippen molar-refractivity contribution in [2.24, 2.45) is 11.8 Å². The van der Waals surface area contributed by atoms with Crippen molar-refractivity contribution < 1.29 is 24.6 Å². The van der Waals surface area contributed by atoms with Crippen molar-refractivity contribution in [1.29, 1.82) is 0 Å². The summed E-state index contributed by atoms with van der Waals surface area (Å²) in [7, 11) is 1.71. The van der Waals surface area contributed by atoms with Crippen molar-refractivity contribution in [3.05, 3.63) is 12.2 Å². The normalized spacial score (nSPS) is 26.6. The number of allylic oxidation sites excluding steroid dienone is 2. The standard InChI is InChI=1S/C19H32N2O5/c1-13(2)15-18(24)21(3)12-10-8-6-4-5-7-9-11-14(17(23)20-15)16(22)19(25)26/h4-5,13-16,22H,6-12H2,1-3H3,(H,20,23)(H,25,26)/b5-4+/t14-,15+,16+/m1/s1. The molecule has 7 nitrogen and oxygen atoms in total. The summed E-state index contributed by atoms with van der Waals surface area (Å²) in [6, 6.07) is -0.737. The SMILES string of the molecule is CC(C)[C@@H]1NC(=O)[C@@H]([C@H](O)C(=O)O)CCC/C=C/CCCCN(C)C1=O. The third-order valence-electron chi connectivity index (χ3n) is 4.74. The minimum atomic E-state index is -1.78. The second-order valence-electron chi connectivity index (χ2n) is 7.28. The van der Waals surface area contributed by atoms with Gasteiger partial charge in [0.05, 0.1) is 5.92 Å². The number of likely N-dealkylation sites (N-methyl/N-ethyl adjacent to an activating group) is 1. The number of aliphatic hydroxyl groups excluding tert-OH is 1. The molecular formula is C19H32N2O5. The molecule has 26 heavy (non-hydrogen) atoms. The average molecular weight is 368 g/mol. The zero-order valence-corrected chi connectivity index (χ0v) is 16.0. The molecule has 0 saturated heterocycles. The molecule has 1 rings (SSSR count). The van der Waals surface area contributed by atoms with Gasteiger partial charge in [-0.15, -0.1) is 0 Å². The van der Waals surface area contributed by atoms with Crippen LogP contribution in [-0.4, -0.2) is 58.6 Å². The van der Waals surface area contributed by atoms with Crippen LogP contribution in [0, 0.1) is 11.8 Å². The fourth-order valence-corrected chi connectivity index (χ4v) is 3.03.